The number of carbonyl (C=O) groups excluding carboxylic acids is 2. The van der Waals surface area contributed by atoms with Crippen LogP contribution in [0.25, 0.3) is 11.1 Å². The minimum Gasteiger partial charge on any atom is -0.493 e. The van der Waals surface area contributed by atoms with Gasteiger partial charge in [0.1, 0.15) is 11.5 Å². The first kappa shape index (κ1) is 40.7. The van der Waals surface area contributed by atoms with E-state index >= 15 is 0 Å². The van der Waals surface area contributed by atoms with Crippen LogP contribution >= 0.6 is 0 Å². The molecule has 290 valence electrons. The predicted octanol–water partition coefficient (Wildman–Crippen LogP) is 10.8. The second kappa shape index (κ2) is 17.8. The zero-order valence-corrected chi connectivity index (χ0v) is 33.6. The Bertz CT molecular complexity index is 1940. The molecule has 0 N–H and O–H groups in total. The minimum absolute atomic E-state index is 0.260. The van der Waals surface area contributed by atoms with Crippen LogP contribution in [0.2, 0.25) is 0 Å². The van der Waals surface area contributed by atoms with Gasteiger partial charge in [-0.1, -0.05) is 89.4 Å². The van der Waals surface area contributed by atoms with E-state index in [-0.39, 0.29) is 22.6 Å². The van der Waals surface area contributed by atoms with Gasteiger partial charge >= 0.3 is 11.9 Å². The first-order valence-electron chi connectivity index (χ1n) is 19.3. The molecule has 0 unspecified atom stereocenters. The number of benzene rings is 4. The van der Waals surface area contributed by atoms with Crippen LogP contribution in [0, 0.1) is 13.8 Å². The van der Waals surface area contributed by atoms with Crippen molar-refractivity contribution < 1.29 is 38.0 Å². The van der Waals surface area contributed by atoms with Crippen LogP contribution in [0.1, 0.15) is 101 Å². The van der Waals surface area contributed by atoms with Crippen molar-refractivity contribution in [3.05, 3.63) is 118 Å². The molecular formula is C47H54O8. The zero-order chi connectivity index (χ0) is 39.9. The van der Waals surface area contributed by atoms with Crippen molar-refractivity contribution in [2.45, 2.75) is 86.5 Å². The fraction of sp³-hybridized carbons (Fsp3) is 0.362. The number of hydrogen-bond donors (Lipinski definition) is 0. The van der Waals surface area contributed by atoms with E-state index in [0.29, 0.717) is 60.6 Å². The number of hydrogen-bond acceptors (Lipinski definition) is 8. The Labute approximate surface area is 326 Å². The third-order valence-electron chi connectivity index (χ3n) is 9.52. The predicted molar refractivity (Wildman–Crippen MR) is 217 cm³/mol. The normalized spacial score (nSPS) is 12.3. The first-order chi connectivity index (χ1) is 26.5. The molecule has 0 fully saturated rings. The fourth-order valence-corrected chi connectivity index (χ4v) is 7.05. The van der Waals surface area contributed by atoms with Gasteiger partial charge in [-0.15, -0.1) is 0 Å². The van der Waals surface area contributed by atoms with Crippen LogP contribution in [0.3, 0.4) is 0 Å². The van der Waals surface area contributed by atoms with Gasteiger partial charge in [0.15, 0.2) is 23.0 Å². The lowest BCUT2D eigenvalue weighted by Gasteiger charge is -2.38. The van der Waals surface area contributed by atoms with Crippen molar-refractivity contribution in [2.24, 2.45) is 0 Å². The van der Waals surface area contributed by atoms with Gasteiger partial charge in [0.05, 0.1) is 31.8 Å². The molecule has 4 aromatic rings. The van der Waals surface area contributed by atoms with Crippen molar-refractivity contribution in [2.75, 3.05) is 26.4 Å². The highest BCUT2D eigenvalue weighted by Gasteiger charge is 2.51. The van der Waals surface area contributed by atoms with Crippen LogP contribution in [0.5, 0.6) is 34.5 Å². The van der Waals surface area contributed by atoms with E-state index in [1.165, 1.54) is 0 Å². The molecule has 4 aromatic carbocycles. The van der Waals surface area contributed by atoms with E-state index in [2.05, 4.69) is 37.4 Å². The Morgan fingerprint density at radius 3 is 1.22 bits per heavy atom. The standard InChI is InChI=1S/C47H54O8/c1-11-23-50-39-27-37(41(52-25-13-3)31(9)43(39)54-45(48)29(5)6)47(35-21-17-15-19-33(35)34-20-16-18-22-36(34)47)38-28-40(51-24-12-2)44(55-46(49)30(7)8)32(10)42(38)53-26-14-4/h15-22,27-28H,5,7,11-14,23-26H2,1-4,6,8-10H3. The molecule has 0 atom stereocenters. The maximum Gasteiger partial charge on any atom is 0.338 e. The molecule has 8 nitrogen and oxygen atoms in total. The van der Waals surface area contributed by atoms with Crippen LogP contribution in [-0.2, 0) is 15.0 Å². The maximum atomic E-state index is 13.1. The molecule has 0 saturated heterocycles. The summed E-state index contributed by atoms with van der Waals surface area (Å²) in [4.78, 5) is 26.3. The Morgan fingerprint density at radius 2 is 0.873 bits per heavy atom. The van der Waals surface area contributed by atoms with Crippen molar-refractivity contribution in [1.82, 2.24) is 0 Å². The summed E-state index contributed by atoms with van der Waals surface area (Å²) >= 11 is 0. The quantitative estimate of drug-likeness (QED) is 0.0497. The summed E-state index contributed by atoms with van der Waals surface area (Å²) in [6.45, 7) is 24.4. The molecule has 0 amide bonds. The lowest BCUT2D eigenvalue weighted by molar-refractivity contribution is -0.131. The van der Waals surface area contributed by atoms with Gasteiger partial charge < -0.3 is 28.4 Å². The summed E-state index contributed by atoms with van der Waals surface area (Å²) in [5.41, 5.74) is 6.22. The third-order valence-corrected chi connectivity index (χ3v) is 9.52. The van der Waals surface area contributed by atoms with Gasteiger partial charge in [0.2, 0.25) is 0 Å². The van der Waals surface area contributed by atoms with Crippen molar-refractivity contribution >= 4 is 11.9 Å². The number of carbonyl (C=O) groups is 2. The zero-order valence-electron chi connectivity index (χ0n) is 33.6. The van der Waals surface area contributed by atoms with Gasteiger partial charge in [0, 0.05) is 33.4 Å². The summed E-state index contributed by atoms with van der Waals surface area (Å²) in [5, 5.41) is 0. The molecule has 55 heavy (non-hydrogen) atoms. The molecule has 5 rings (SSSR count). The number of fused-ring (bicyclic) bond motifs is 3. The SMILES string of the molecule is C=C(C)C(=O)Oc1c(OCCC)cc(C2(c3cc(OCCC)c(OC(=O)C(=C)C)c(C)c3OCCC)c3ccccc3-c3ccccc32)c(OCCC)c1C. The van der Waals surface area contributed by atoms with Crippen molar-refractivity contribution in [3.63, 3.8) is 0 Å². The second-order valence-corrected chi connectivity index (χ2v) is 14.0. The molecule has 0 saturated carbocycles. The highest BCUT2D eigenvalue weighted by molar-refractivity contribution is 5.92. The van der Waals surface area contributed by atoms with E-state index in [1.54, 1.807) is 13.8 Å². The third kappa shape index (κ3) is 7.73. The highest BCUT2D eigenvalue weighted by atomic mass is 16.6. The van der Waals surface area contributed by atoms with Crippen LogP contribution in [0.15, 0.2) is 85.0 Å². The summed E-state index contributed by atoms with van der Waals surface area (Å²) in [6.07, 6.45) is 2.92. The summed E-state index contributed by atoms with van der Waals surface area (Å²) in [7, 11) is 0. The molecule has 0 heterocycles. The van der Waals surface area contributed by atoms with Gasteiger partial charge in [-0.05, 0) is 87.8 Å². The van der Waals surface area contributed by atoms with Crippen LogP contribution in [0.4, 0.5) is 0 Å². The lowest BCUT2D eigenvalue weighted by atomic mass is 9.66. The Hall–Kier alpha value is -5.50. The topological polar surface area (TPSA) is 89.5 Å². The molecule has 0 aromatic heterocycles. The second-order valence-electron chi connectivity index (χ2n) is 14.0. The van der Waals surface area contributed by atoms with Gasteiger partial charge in [0.25, 0.3) is 0 Å². The summed E-state index contributed by atoms with van der Waals surface area (Å²) in [6, 6.07) is 20.6. The number of esters is 2. The largest absolute Gasteiger partial charge is 0.493 e. The summed E-state index contributed by atoms with van der Waals surface area (Å²) < 4.78 is 38.6. The van der Waals surface area contributed by atoms with Crippen molar-refractivity contribution in [3.8, 4) is 45.6 Å². The fourth-order valence-electron chi connectivity index (χ4n) is 7.05. The molecule has 0 aliphatic heterocycles. The first-order valence-corrected chi connectivity index (χ1v) is 19.3. The Kier molecular flexibility index (Phi) is 13.1. The van der Waals surface area contributed by atoms with Crippen molar-refractivity contribution in [1.29, 1.82) is 0 Å². The molecule has 0 spiro atoms. The smallest absolute Gasteiger partial charge is 0.338 e. The van der Waals surface area contributed by atoms with E-state index in [4.69, 9.17) is 28.4 Å². The monoisotopic (exact) mass is 746 g/mol. The van der Waals surface area contributed by atoms with E-state index in [9.17, 15) is 9.59 Å². The number of ether oxygens (including phenoxy) is 6. The van der Waals surface area contributed by atoms with E-state index < -0.39 is 17.4 Å². The van der Waals surface area contributed by atoms with Crippen LogP contribution < -0.4 is 28.4 Å². The average molecular weight is 747 g/mol. The van der Waals surface area contributed by atoms with Gasteiger partial charge in [-0.3, -0.25) is 0 Å². The molecule has 0 bridgehead atoms. The molecule has 1 aliphatic rings. The van der Waals surface area contributed by atoms with E-state index in [0.717, 1.165) is 59.1 Å². The molecular weight excluding hydrogens is 693 g/mol. The molecule has 1 aliphatic carbocycles. The molecule has 8 heteroatoms. The number of rotatable bonds is 18. The average Bonchev–Trinajstić information content (AvgIpc) is 3.47. The Balaban J connectivity index is 2.05. The minimum atomic E-state index is -1.10. The Morgan fingerprint density at radius 1 is 0.527 bits per heavy atom. The highest BCUT2D eigenvalue weighted by Crippen LogP contribution is 2.63. The van der Waals surface area contributed by atoms with Gasteiger partial charge in [-0.2, -0.15) is 0 Å². The lowest BCUT2D eigenvalue weighted by Crippen LogP contribution is -2.31. The maximum absolute atomic E-state index is 13.1. The summed E-state index contributed by atoms with van der Waals surface area (Å²) in [5.74, 6) is 1.33. The van der Waals surface area contributed by atoms with Crippen LogP contribution in [-0.4, -0.2) is 38.4 Å². The van der Waals surface area contributed by atoms with E-state index in [1.807, 2.05) is 77.9 Å². The molecule has 0 radical (unpaired) electrons. The van der Waals surface area contributed by atoms with Gasteiger partial charge in [-0.25, -0.2) is 9.59 Å².